The molecule has 1 aromatic rings. The summed E-state index contributed by atoms with van der Waals surface area (Å²) in [6.07, 6.45) is 0. The Balaban J connectivity index is 2.23. The maximum absolute atomic E-state index is 9.64. The SMILES string of the molecule is CCN1CCN(C(C#N)c2cc(OC)ccc2OC)CC1. The zero-order chi connectivity index (χ0) is 15.2. The minimum absolute atomic E-state index is 0.297. The highest BCUT2D eigenvalue weighted by Crippen LogP contribution is 2.32. The fraction of sp³-hybridized carbons (Fsp3) is 0.562. The molecule has 0 saturated carbocycles. The van der Waals surface area contributed by atoms with Crippen molar-refractivity contribution in [3.8, 4) is 17.6 Å². The average molecular weight is 289 g/mol. The van der Waals surface area contributed by atoms with E-state index in [1.807, 2.05) is 18.2 Å². The molecule has 1 aliphatic rings. The molecule has 5 heteroatoms. The van der Waals surface area contributed by atoms with Gasteiger partial charge in [-0.1, -0.05) is 6.92 Å². The number of rotatable bonds is 5. The van der Waals surface area contributed by atoms with Crippen LogP contribution in [0.5, 0.6) is 11.5 Å². The molecule has 114 valence electrons. The molecule has 5 nitrogen and oxygen atoms in total. The minimum atomic E-state index is -0.297. The predicted molar refractivity (Wildman–Crippen MR) is 81.6 cm³/mol. The largest absolute Gasteiger partial charge is 0.497 e. The molecule has 21 heavy (non-hydrogen) atoms. The molecule has 0 amide bonds. The molecule has 0 N–H and O–H groups in total. The lowest BCUT2D eigenvalue weighted by Crippen LogP contribution is -2.47. The third-order valence-corrected chi connectivity index (χ3v) is 4.07. The van der Waals surface area contributed by atoms with Crippen molar-refractivity contribution in [2.24, 2.45) is 0 Å². The molecule has 0 aliphatic carbocycles. The molecule has 1 aromatic carbocycles. The van der Waals surface area contributed by atoms with Gasteiger partial charge >= 0.3 is 0 Å². The van der Waals surface area contributed by atoms with Crippen molar-refractivity contribution in [2.75, 3.05) is 46.9 Å². The number of likely N-dealkylation sites (N-methyl/N-ethyl adjacent to an activating group) is 1. The van der Waals surface area contributed by atoms with Crippen LogP contribution in [0.2, 0.25) is 0 Å². The Bertz CT molecular complexity index is 505. The molecule has 1 heterocycles. The molecular weight excluding hydrogens is 266 g/mol. The molecule has 1 aliphatic heterocycles. The number of ether oxygens (including phenoxy) is 2. The first-order chi connectivity index (χ1) is 10.2. The Kier molecular flexibility index (Phi) is 5.43. The van der Waals surface area contributed by atoms with Gasteiger partial charge in [0, 0.05) is 31.7 Å². The van der Waals surface area contributed by atoms with Gasteiger partial charge in [-0.25, -0.2) is 0 Å². The summed E-state index contributed by atoms with van der Waals surface area (Å²) in [7, 11) is 3.27. The minimum Gasteiger partial charge on any atom is -0.497 e. The van der Waals surface area contributed by atoms with Gasteiger partial charge in [0.1, 0.15) is 17.5 Å². The van der Waals surface area contributed by atoms with Gasteiger partial charge in [-0.05, 0) is 24.7 Å². The van der Waals surface area contributed by atoms with Crippen LogP contribution in [-0.2, 0) is 0 Å². The second-order valence-corrected chi connectivity index (χ2v) is 5.11. The summed E-state index contributed by atoms with van der Waals surface area (Å²) in [4.78, 5) is 4.61. The van der Waals surface area contributed by atoms with Crippen LogP contribution in [0.1, 0.15) is 18.5 Å². The summed E-state index contributed by atoms with van der Waals surface area (Å²) in [6, 6.07) is 7.74. The third kappa shape index (κ3) is 3.46. The van der Waals surface area contributed by atoms with Gasteiger partial charge in [0.05, 0.1) is 20.3 Å². The van der Waals surface area contributed by atoms with Gasteiger partial charge in [0.25, 0.3) is 0 Å². The second-order valence-electron chi connectivity index (χ2n) is 5.11. The van der Waals surface area contributed by atoms with E-state index in [0.29, 0.717) is 0 Å². The van der Waals surface area contributed by atoms with Crippen LogP contribution in [0.3, 0.4) is 0 Å². The zero-order valence-corrected chi connectivity index (χ0v) is 13.0. The van der Waals surface area contributed by atoms with Crippen molar-refractivity contribution in [2.45, 2.75) is 13.0 Å². The smallest absolute Gasteiger partial charge is 0.127 e. The number of benzene rings is 1. The van der Waals surface area contributed by atoms with Crippen LogP contribution in [0, 0.1) is 11.3 Å². The van der Waals surface area contributed by atoms with E-state index in [0.717, 1.165) is 49.8 Å². The third-order valence-electron chi connectivity index (χ3n) is 4.07. The fourth-order valence-electron chi connectivity index (χ4n) is 2.74. The Morgan fingerprint density at radius 1 is 1.19 bits per heavy atom. The highest BCUT2D eigenvalue weighted by Gasteiger charge is 2.27. The van der Waals surface area contributed by atoms with E-state index in [4.69, 9.17) is 9.47 Å². The van der Waals surface area contributed by atoms with Gasteiger partial charge in [0.2, 0.25) is 0 Å². The fourth-order valence-corrected chi connectivity index (χ4v) is 2.74. The lowest BCUT2D eigenvalue weighted by atomic mass is 10.0. The van der Waals surface area contributed by atoms with Crippen LogP contribution < -0.4 is 9.47 Å². The topological polar surface area (TPSA) is 48.7 Å². The van der Waals surface area contributed by atoms with Crippen molar-refractivity contribution in [3.63, 3.8) is 0 Å². The monoisotopic (exact) mass is 289 g/mol. The highest BCUT2D eigenvalue weighted by atomic mass is 16.5. The number of nitrogens with zero attached hydrogens (tertiary/aromatic N) is 3. The van der Waals surface area contributed by atoms with Crippen molar-refractivity contribution >= 4 is 0 Å². The summed E-state index contributed by atoms with van der Waals surface area (Å²) < 4.78 is 10.7. The maximum Gasteiger partial charge on any atom is 0.127 e. The number of hydrogen-bond acceptors (Lipinski definition) is 5. The van der Waals surface area contributed by atoms with E-state index in [2.05, 4.69) is 22.8 Å². The van der Waals surface area contributed by atoms with Gasteiger partial charge in [-0.3, -0.25) is 4.90 Å². The molecule has 0 radical (unpaired) electrons. The molecule has 1 saturated heterocycles. The Morgan fingerprint density at radius 2 is 1.90 bits per heavy atom. The summed E-state index contributed by atoms with van der Waals surface area (Å²) in [5.74, 6) is 1.48. The van der Waals surface area contributed by atoms with E-state index >= 15 is 0 Å². The number of piperazine rings is 1. The van der Waals surface area contributed by atoms with Crippen LogP contribution in [-0.4, -0.2) is 56.7 Å². The first-order valence-electron chi connectivity index (χ1n) is 7.31. The van der Waals surface area contributed by atoms with Crippen LogP contribution >= 0.6 is 0 Å². The van der Waals surface area contributed by atoms with Crippen molar-refractivity contribution in [1.29, 1.82) is 5.26 Å². The van der Waals surface area contributed by atoms with Gasteiger partial charge < -0.3 is 14.4 Å². The Hall–Kier alpha value is -1.77. The van der Waals surface area contributed by atoms with E-state index in [-0.39, 0.29) is 6.04 Å². The standard InChI is InChI=1S/C16H23N3O2/c1-4-18-7-9-19(10-8-18)15(12-17)14-11-13(20-2)5-6-16(14)21-3/h5-6,11,15H,4,7-10H2,1-3H3. The van der Waals surface area contributed by atoms with Gasteiger partial charge in [0.15, 0.2) is 0 Å². The quantitative estimate of drug-likeness (QED) is 0.828. The van der Waals surface area contributed by atoms with Crippen molar-refractivity contribution < 1.29 is 9.47 Å². The number of nitriles is 1. The molecule has 0 bridgehead atoms. The number of methoxy groups -OCH3 is 2. The van der Waals surface area contributed by atoms with Crippen molar-refractivity contribution in [3.05, 3.63) is 23.8 Å². The summed E-state index contributed by atoms with van der Waals surface area (Å²) in [5.41, 5.74) is 0.879. The van der Waals surface area contributed by atoms with E-state index < -0.39 is 0 Å². The zero-order valence-electron chi connectivity index (χ0n) is 13.0. The first kappa shape index (κ1) is 15.6. The van der Waals surface area contributed by atoms with Crippen LogP contribution in [0.4, 0.5) is 0 Å². The second kappa shape index (κ2) is 7.30. The molecular formula is C16H23N3O2. The van der Waals surface area contributed by atoms with Crippen LogP contribution in [0.15, 0.2) is 18.2 Å². The summed E-state index contributed by atoms with van der Waals surface area (Å²) in [6.45, 7) is 7.02. The lowest BCUT2D eigenvalue weighted by molar-refractivity contribution is 0.117. The Morgan fingerprint density at radius 3 is 2.43 bits per heavy atom. The molecule has 0 spiro atoms. The molecule has 1 atom stereocenters. The molecule has 2 rings (SSSR count). The lowest BCUT2D eigenvalue weighted by Gasteiger charge is -2.36. The summed E-state index contributed by atoms with van der Waals surface area (Å²) >= 11 is 0. The molecule has 1 unspecified atom stereocenters. The van der Waals surface area contributed by atoms with E-state index in [1.165, 1.54) is 0 Å². The number of hydrogen-bond donors (Lipinski definition) is 0. The molecule has 0 aromatic heterocycles. The molecule has 1 fully saturated rings. The van der Waals surface area contributed by atoms with Crippen molar-refractivity contribution in [1.82, 2.24) is 9.80 Å². The predicted octanol–water partition coefficient (Wildman–Crippen LogP) is 1.91. The average Bonchev–Trinajstić information content (AvgIpc) is 2.56. The van der Waals surface area contributed by atoms with Gasteiger partial charge in [-0.15, -0.1) is 0 Å². The van der Waals surface area contributed by atoms with E-state index in [9.17, 15) is 5.26 Å². The first-order valence-corrected chi connectivity index (χ1v) is 7.31. The Labute approximate surface area is 126 Å². The maximum atomic E-state index is 9.64. The summed E-state index contributed by atoms with van der Waals surface area (Å²) in [5, 5.41) is 9.64. The van der Waals surface area contributed by atoms with Gasteiger partial charge in [-0.2, -0.15) is 5.26 Å². The highest BCUT2D eigenvalue weighted by molar-refractivity contribution is 5.44. The van der Waals surface area contributed by atoms with E-state index in [1.54, 1.807) is 14.2 Å². The normalized spacial score (nSPS) is 18.0. The van der Waals surface area contributed by atoms with Crippen LogP contribution in [0.25, 0.3) is 0 Å².